The molecule has 56 valence electrons. The van der Waals surface area contributed by atoms with Crippen molar-refractivity contribution in [1.29, 1.82) is 0 Å². The number of hydrogen-bond donors (Lipinski definition) is 3. The molecule has 0 rings (SSSR count). The highest BCUT2D eigenvalue weighted by Crippen LogP contribution is 1.80. The van der Waals surface area contributed by atoms with Crippen LogP contribution in [-0.4, -0.2) is 24.7 Å². The summed E-state index contributed by atoms with van der Waals surface area (Å²) in [5, 5.41) is 2.40. The van der Waals surface area contributed by atoms with Crippen LogP contribution in [0.3, 0.4) is 0 Å². The van der Waals surface area contributed by atoms with E-state index in [0.29, 0.717) is 5.75 Å². The minimum Gasteiger partial charge on any atom is -0.358 e. The number of thiol groups is 1. The lowest BCUT2D eigenvalue weighted by Crippen LogP contribution is -2.39. The molecule has 1 atom stereocenters. The smallest absolute Gasteiger partial charge is 0.237 e. The predicted molar refractivity (Wildman–Crippen MR) is 43.1 cm³/mol. The molecule has 0 aliphatic heterocycles. The second-order valence-corrected chi connectivity index (χ2v) is 1.77. The molecule has 0 aromatic carbocycles. The van der Waals surface area contributed by atoms with Crippen molar-refractivity contribution in [1.82, 2.24) is 5.32 Å². The van der Waals surface area contributed by atoms with Crippen LogP contribution in [0, 0.1) is 0 Å². The quantitative estimate of drug-likeness (QED) is 0.486. The van der Waals surface area contributed by atoms with Gasteiger partial charge in [-0.05, 0) is 0 Å². The average Bonchev–Trinajstić information content (AvgIpc) is 1.84. The Kier molecular flexibility index (Phi) is 8.13. The highest BCUT2D eigenvalue weighted by Gasteiger charge is 2.06. The summed E-state index contributed by atoms with van der Waals surface area (Å²) in [7, 11) is 1.55. The molecule has 3 N–H and O–H groups in total. The molecule has 0 saturated heterocycles. The summed E-state index contributed by atoms with van der Waals surface area (Å²) in [6.07, 6.45) is 0. The summed E-state index contributed by atoms with van der Waals surface area (Å²) in [5.41, 5.74) is 5.24. The van der Waals surface area contributed by atoms with Gasteiger partial charge in [0.25, 0.3) is 0 Å². The molecule has 0 aromatic rings. The Morgan fingerprint density at radius 1 is 1.89 bits per heavy atom. The van der Waals surface area contributed by atoms with E-state index in [-0.39, 0.29) is 18.3 Å². The third-order valence-corrected chi connectivity index (χ3v) is 1.17. The molecule has 0 unspecified atom stereocenters. The molecule has 0 spiro atoms. The largest absolute Gasteiger partial charge is 0.358 e. The van der Waals surface area contributed by atoms with Crippen molar-refractivity contribution in [2.24, 2.45) is 5.73 Å². The number of amides is 1. The van der Waals surface area contributed by atoms with Crippen molar-refractivity contribution in [2.75, 3.05) is 12.8 Å². The van der Waals surface area contributed by atoms with E-state index in [2.05, 4.69) is 17.9 Å². The third-order valence-electron chi connectivity index (χ3n) is 0.780. The molecule has 1 amide bonds. The van der Waals surface area contributed by atoms with Gasteiger partial charge in [-0.15, -0.1) is 12.4 Å². The number of hydrogen-bond acceptors (Lipinski definition) is 3. The standard InChI is InChI=1S/C4H10N2OS.ClH/c1-6-4(7)3(5)2-8;/h3,8H,2,5H2,1H3,(H,6,7);1H/t3-;/m0./s1. The number of halogens is 1. The van der Waals surface area contributed by atoms with E-state index in [1.807, 2.05) is 0 Å². The zero-order valence-corrected chi connectivity index (χ0v) is 6.84. The number of carbonyl (C=O) groups is 1. The van der Waals surface area contributed by atoms with Gasteiger partial charge in [0.2, 0.25) is 5.91 Å². The Balaban J connectivity index is 0. The summed E-state index contributed by atoms with van der Waals surface area (Å²) in [4.78, 5) is 10.5. The minimum atomic E-state index is -0.469. The van der Waals surface area contributed by atoms with E-state index in [9.17, 15) is 4.79 Å². The molecular weight excluding hydrogens is 160 g/mol. The molecule has 9 heavy (non-hydrogen) atoms. The summed E-state index contributed by atoms with van der Waals surface area (Å²) >= 11 is 3.82. The molecular formula is C4H11ClN2OS. The van der Waals surface area contributed by atoms with Crippen LogP contribution in [0.25, 0.3) is 0 Å². The molecule has 3 nitrogen and oxygen atoms in total. The van der Waals surface area contributed by atoms with Crippen LogP contribution in [0.4, 0.5) is 0 Å². The molecule has 0 aromatic heterocycles. The normalized spacial score (nSPS) is 11.4. The van der Waals surface area contributed by atoms with Crippen molar-refractivity contribution >= 4 is 30.9 Å². The molecule has 0 bridgehead atoms. The van der Waals surface area contributed by atoms with Crippen LogP contribution in [0.5, 0.6) is 0 Å². The second-order valence-electron chi connectivity index (χ2n) is 1.40. The first-order valence-corrected chi connectivity index (χ1v) is 2.93. The average molecular weight is 171 g/mol. The van der Waals surface area contributed by atoms with Gasteiger partial charge in [0.15, 0.2) is 0 Å². The fraction of sp³-hybridized carbons (Fsp3) is 0.750. The van der Waals surface area contributed by atoms with Gasteiger partial charge in [-0.2, -0.15) is 12.6 Å². The zero-order valence-electron chi connectivity index (χ0n) is 5.13. The lowest BCUT2D eigenvalue weighted by Gasteiger charge is -2.03. The molecule has 0 fully saturated rings. The highest BCUT2D eigenvalue weighted by molar-refractivity contribution is 7.80. The second kappa shape index (κ2) is 6.19. The van der Waals surface area contributed by atoms with Gasteiger partial charge in [-0.25, -0.2) is 0 Å². The van der Waals surface area contributed by atoms with Gasteiger partial charge < -0.3 is 11.1 Å². The number of nitrogens with two attached hydrogens (primary N) is 1. The maximum atomic E-state index is 10.5. The Morgan fingerprint density at radius 3 is 2.44 bits per heavy atom. The molecule has 0 aliphatic rings. The summed E-state index contributed by atoms with van der Waals surface area (Å²) in [6.45, 7) is 0. The maximum absolute atomic E-state index is 10.5. The minimum absolute atomic E-state index is 0. The number of likely N-dealkylation sites (N-methyl/N-ethyl adjacent to an activating group) is 1. The molecule has 0 heterocycles. The lowest BCUT2D eigenvalue weighted by atomic mass is 10.3. The summed E-state index contributed by atoms with van der Waals surface area (Å²) in [5.74, 6) is 0.222. The van der Waals surface area contributed by atoms with Gasteiger partial charge >= 0.3 is 0 Å². The Labute approximate surface area is 66.2 Å². The fourth-order valence-electron chi connectivity index (χ4n) is 0.268. The van der Waals surface area contributed by atoms with Gasteiger partial charge in [0, 0.05) is 12.8 Å². The molecule has 5 heteroatoms. The van der Waals surface area contributed by atoms with E-state index in [4.69, 9.17) is 5.73 Å². The maximum Gasteiger partial charge on any atom is 0.237 e. The van der Waals surface area contributed by atoms with Gasteiger partial charge in [-0.3, -0.25) is 4.79 Å². The topological polar surface area (TPSA) is 55.1 Å². The van der Waals surface area contributed by atoms with Crippen molar-refractivity contribution in [3.63, 3.8) is 0 Å². The monoisotopic (exact) mass is 170 g/mol. The summed E-state index contributed by atoms with van der Waals surface area (Å²) in [6, 6.07) is -0.469. The number of nitrogens with one attached hydrogen (secondary N) is 1. The van der Waals surface area contributed by atoms with Crippen molar-refractivity contribution in [3.05, 3.63) is 0 Å². The van der Waals surface area contributed by atoms with Crippen LogP contribution in [0.1, 0.15) is 0 Å². The first-order valence-electron chi connectivity index (χ1n) is 2.30. The zero-order chi connectivity index (χ0) is 6.57. The molecule has 0 saturated carbocycles. The van der Waals surface area contributed by atoms with Gasteiger partial charge in [0.05, 0.1) is 6.04 Å². The van der Waals surface area contributed by atoms with Gasteiger partial charge in [-0.1, -0.05) is 0 Å². The van der Waals surface area contributed by atoms with E-state index in [0.717, 1.165) is 0 Å². The van der Waals surface area contributed by atoms with Crippen molar-refractivity contribution in [3.8, 4) is 0 Å². The Hall–Kier alpha value is 0.0700. The van der Waals surface area contributed by atoms with Crippen LogP contribution in [0.2, 0.25) is 0 Å². The first kappa shape index (κ1) is 11.8. The van der Waals surface area contributed by atoms with Crippen LogP contribution < -0.4 is 11.1 Å². The van der Waals surface area contributed by atoms with E-state index >= 15 is 0 Å². The first-order chi connectivity index (χ1) is 3.72. The van der Waals surface area contributed by atoms with Crippen LogP contribution in [0.15, 0.2) is 0 Å². The van der Waals surface area contributed by atoms with E-state index < -0.39 is 6.04 Å². The van der Waals surface area contributed by atoms with Crippen LogP contribution in [-0.2, 0) is 4.79 Å². The Morgan fingerprint density at radius 2 is 2.33 bits per heavy atom. The Bertz CT molecular complexity index is 90.6. The molecule has 0 aliphatic carbocycles. The number of carbonyl (C=O) groups excluding carboxylic acids is 1. The predicted octanol–water partition coefficient (Wildman–Crippen LogP) is -0.589. The summed E-state index contributed by atoms with van der Waals surface area (Å²) < 4.78 is 0. The van der Waals surface area contributed by atoms with E-state index in [1.165, 1.54) is 0 Å². The van der Waals surface area contributed by atoms with E-state index in [1.54, 1.807) is 7.05 Å². The van der Waals surface area contributed by atoms with Crippen molar-refractivity contribution < 1.29 is 4.79 Å². The number of rotatable bonds is 2. The highest BCUT2D eigenvalue weighted by atomic mass is 35.5. The third kappa shape index (κ3) is 4.57. The SMILES string of the molecule is CNC(=O)[C@@H](N)CS.Cl. The lowest BCUT2D eigenvalue weighted by molar-refractivity contribution is -0.121. The van der Waals surface area contributed by atoms with Gasteiger partial charge in [0.1, 0.15) is 0 Å². The fourth-order valence-corrected chi connectivity index (χ4v) is 0.434. The van der Waals surface area contributed by atoms with Crippen LogP contribution >= 0.6 is 25.0 Å². The molecule has 0 radical (unpaired) electrons. The van der Waals surface area contributed by atoms with Crippen molar-refractivity contribution in [2.45, 2.75) is 6.04 Å².